The summed E-state index contributed by atoms with van der Waals surface area (Å²) in [5.74, 6) is -3.83. The van der Waals surface area contributed by atoms with E-state index in [4.69, 9.17) is 14.6 Å². The lowest BCUT2D eigenvalue weighted by Crippen LogP contribution is -2.52. The maximum Gasteiger partial charge on any atom is 0.407 e. The summed E-state index contributed by atoms with van der Waals surface area (Å²) in [5.41, 5.74) is 3.75. The maximum atomic E-state index is 13.0. The van der Waals surface area contributed by atoms with E-state index >= 15 is 0 Å². The molecule has 0 heterocycles. The van der Waals surface area contributed by atoms with Crippen LogP contribution in [0, 0.1) is 0 Å². The molecular weight excluding hydrogens is 634 g/mol. The van der Waals surface area contributed by atoms with E-state index in [1.54, 1.807) is 30.3 Å². The van der Waals surface area contributed by atoms with Gasteiger partial charge in [0, 0.05) is 12.3 Å². The summed E-state index contributed by atoms with van der Waals surface area (Å²) in [6, 6.07) is 23.6. The minimum Gasteiger partial charge on any atom is -0.479 e. The van der Waals surface area contributed by atoms with Crippen LogP contribution in [0.15, 0.2) is 78.9 Å². The zero-order valence-corrected chi connectivity index (χ0v) is 26.5. The summed E-state index contributed by atoms with van der Waals surface area (Å²) in [6.45, 7) is -1.62. The Morgan fingerprint density at radius 3 is 1.92 bits per heavy atom. The molecule has 1 fully saturated rings. The maximum absolute atomic E-state index is 13.0. The van der Waals surface area contributed by atoms with E-state index in [2.05, 4.69) is 26.6 Å². The van der Waals surface area contributed by atoms with Gasteiger partial charge < -0.3 is 41.2 Å². The van der Waals surface area contributed by atoms with Gasteiger partial charge in [-0.15, -0.1) is 0 Å². The SMILES string of the molecule is O=C(CNC(=O)OCC1c2ccccc2-c2ccccc21)NCC(=O)N[C@@H](Cc1ccccc1)C(=O)NCC(=O)NCOC1(C(=O)O)CC1. The van der Waals surface area contributed by atoms with Gasteiger partial charge in [-0.05, 0) is 40.7 Å². The number of amides is 5. The van der Waals surface area contributed by atoms with Crippen LogP contribution in [0.2, 0.25) is 0 Å². The highest BCUT2D eigenvalue weighted by atomic mass is 16.6. The van der Waals surface area contributed by atoms with Crippen molar-refractivity contribution in [3.63, 3.8) is 0 Å². The smallest absolute Gasteiger partial charge is 0.407 e. The number of carboxylic acid groups (broad SMARTS) is 1. The third kappa shape index (κ3) is 9.20. The minimum absolute atomic E-state index is 0.0790. The Labute approximate surface area is 281 Å². The van der Waals surface area contributed by atoms with Gasteiger partial charge in [0.25, 0.3) is 0 Å². The first kappa shape index (κ1) is 34.6. The lowest BCUT2D eigenvalue weighted by Gasteiger charge is -2.19. The third-order valence-electron chi connectivity index (χ3n) is 8.25. The van der Waals surface area contributed by atoms with Gasteiger partial charge in [-0.2, -0.15) is 0 Å². The number of rotatable bonds is 16. The molecule has 256 valence electrons. The fourth-order valence-corrected chi connectivity index (χ4v) is 5.49. The molecule has 49 heavy (non-hydrogen) atoms. The van der Waals surface area contributed by atoms with E-state index in [1.165, 1.54) is 0 Å². The molecule has 3 aromatic carbocycles. The molecular formula is C35H37N5O9. The van der Waals surface area contributed by atoms with Crippen molar-refractivity contribution in [2.45, 2.75) is 36.8 Å². The summed E-state index contributed by atoms with van der Waals surface area (Å²) in [7, 11) is 0. The van der Waals surface area contributed by atoms with Crippen LogP contribution in [0.1, 0.15) is 35.4 Å². The second kappa shape index (κ2) is 15.9. The predicted molar refractivity (Wildman–Crippen MR) is 175 cm³/mol. The van der Waals surface area contributed by atoms with Crippen LogP contribution in [0.25, 0.3) is 11.1 Å². The van der Waals surface area contributed by atoms with Gasteiger partial charge in [-0.25, -0.2) is 9.59 Å². The van der Waals surface area contributed by atoms with Crippen molar-refractivity contribution in [1.29, 1.82) is 0 Å². The average Bonchev–Trinajstić information content (AvgIpc) is 3.84. The number of alkyl carbamates (subject to hydrolysis) is 1. The van der Waals surface area contributed by atoms with Gasteiger partial charge in [0.05, 0.1) is 13.1 Å². The number of hydrogen-bond acceptors (Lipinski definition) is 8. The van der Waals surface area contributed by atoms with Gasteiger partial charge in [-0.3, -0.25) is 19.2 Å². The minimum atomic E-state index is -1.27. The first-order chi connectivity index (χ1) is 23.6. The van der Waals surface area contributed by atoms with Gasteiger partial charge in [0.2, 0.25) is 23.6 Å². The highest BCUT2D eigenvalue weighted by Crippen LogP contribution is 2.44. The number of hydrogen-bond donors (Lipinski definition) is 6. The van der Waals surface area contributed by atoms with E-state index in [1.807, 2.05) is 48.5 Å². The highest BCUT2D eigenvalue weighted by Gasteiger charge is 2.52. The molecule has 0 radical (unpaired) electrons. The van der Waals surface area contributed by atoms with E-state index < -0.39 is 67.0 Å². The number of fused-ring (bicyclic) bond motifs is 3. The Hall–Kier alpha value is -5.76. The Balaban J connectivity index is 1.04. The predicted octanol–water partition coefficient (Wildman–Crippen LogP) is 1.19. The molecule has 5 rings (SSSR count). The number of carbonyl (C=O) groups excluding carboxylic acids is 5. The normalized spacial score (nSPS) is 14.3. The van der Waals surface area contributed by atoms with Crippen LogP contribution >= 0.6 is 0 Å². The van der Waals surface area contributed by atoms with E-state index in [0.717, 1.165) is 27.8 Å². The molecule has 1 atom stereocenters. The molecule has 14 heteroatoms. The number of ether oxygens (including phenoxy) is 2. The van der Waals surface area contributed by atoms with Crippen molar-refractivity contribution in [1.82, 2.24) is 26.6 Å². The Bertz CT molecular complexity index is 1660. The van der Waals surface area contributed by atoms with Crippen molar-refractivity contribution in [3.05, 3.63) is 95.6 Å². The number of aliphatic carboxylic acids is 1. The fourth-order valence-electron chi connectivity index (χ4n) is 5.49. The second-order valence-electron chi connectivity index (χ2n) is 11.7. The molecule has 0 aliphatic heterocycles. The monoisotopic (exact) mass is 671 g/mol. The van der Waals surface area contributed by atoms with E-state index in [-0.39, 0.29) is 25.7 Å². The molecule has 1 saturated carbocycles. The molecule has 0 unspecified atom stereocenters. The summed E-state index contributed by atoms with van der Waals surface area (Å²) in [6.07, 6.45) is 0.0173. The molecule has 2 aliphatic rings. The number of nitrogens with one attached hydrogen (secondary N) is 5. The Morgan fingerprint density at radius 1 is 0.714 bits per heavy atom. The standard InChI is InChI=1S/C35H37N5O9/c41-29(18-38-34(47)48-20-27-25-12-6-4-10-23(25)24-11-5-7-13-26(24)27)36-19-31(43)40-28(16-22-8-2-1-3-9-22)32(44)37-17-30(42)39-21-49-35(14-15-35)33(45)46/h1-13,27-28H,14-21H2,(H,36,41)(H,37,44)(H,38,47)(H,39,42)(H,40,43)(H,45,46)/t28-/m0/s1. The second-order valence-corrected chi connectivity index (χ2v) is 11.7. The Kier molecular flexibility index (Phi) is 11.2. The van der Waals surface area contributed by atoms with E-state index in [9.17, 15) is 28.8 Å². The molecule has 0 spiro atoms. The number of carboxylic acids is 1. The van der Waals surface area contributed by atoms with Crippen molar-refractivity contribution >= 4 is 35.7 Å². The molecule has 0 bridgehead atoms. The summed E-state index contributed by atoms with van der Waals surface area (Å²) in [4.78, 5) is 73.9. The van der Waals surface area contributed by atoms with Crippen molar-refractivity contribution in [3.8, 4) is 11.1 Å². The quantitative estimate of drug-likeness (QED) is 0.121. The van der Waals surface area contributed by atoms with Gasteiger partial charge in [0.15, 0.2) is 5.60 Å². The van der Waals surface area contributed by atoms with Crippen molar-refractivity contribution in [2.24, 2.45) is 0 Å². The molecule has 5 amide bonds. The largest absolute Gasteiger partial charge is 0.479 e. The first-order valence-corrected chi connectivity index (χ1v) is 15.8. The van der Waals surface area contributed by atoms with Crippen LogP contribution in [0.3, 0.4) is 0 Å². The molecule has 3 aromatic rings. The van der Waals surface area contributed by atoms with Gasteiger partial charge >= 0.3 is 12.1 Å². The lowest BCUT2D eigenvalue weighted by atomic mass is 9.98. The zero-order valence-electron chi connectivity index (χ0n) is 26.5. The Morgan fingerprint density at radius 2 is 1.29 bits per heavy atom. The van der Waals surface area contributed by atoms with Crippen LogP contribution in [0.4, 0.5) is 4.79 Å². The first-order valence-electron chi connectivity index (χ1n) is 15.8. The van der Waals surface area contributed by atoms with Gasteiger partial charge in [-0.1, -0.05) is 78.9 Å². The van der Waals surface area contributed by atoms with Crippen molar-refractivity contribution < 1.29 is 43.3 Å². The number of benzene rings is 3. The summed E-state index contributed by atoms with van der Waals surface area (Å²) in [5, 5.41) is 21.3. The molecule has 0 aromatic heterocycles. The van der Waals surface area contributed by atoms with Crippen LogP contribution in [-0.2, 0) is 39.9 Å². The van der Waals surface area contributed by atoms with Crippen LogP contribution in [-0.4, -0.2) is 85.4 Å². The fraction of sp³-hybridized carbons (Fsp3) is 0.314. The number of carbonyl (C=O) groups is 6. The summed E-state index contributed by atoms with van der Waals surface area (Å²) >= 11 is 0. The summed E-state index contributed by atoms with van der Waals surface area (Å²) < 4.78 is 10.7. The van der Waals surface area contributed by atoms with Crippen molar-refractivity contribution in [2.75, 3.05) is 33.0 Å². The van der Waals surface area contributed by atoms with E-state index in [0.29, 0.717) is 12.8 Å². The average molecular weight is 672 g/mol. The zero-order chi connectivity index (χ0) is 34.8. The van der Waals surface area contributed by atoms with Crippen LogP contribution in [0.5, 0.6) is 0 Å². The topological polar surface area (TPSA) is 201 Å². The van der Waals surface area contributed by atoms with Gasteiger partial charge in [0.1, 0.15) is 25.9 Å². The molecule has 0 saturated heterocycles. The lowest BCUT2D eigenvalue weighted by molar-refractivity contribution is -0.155. The molecule has 2 aliphatic carbocycles. The highest BCUT2D eigenvalue weighted by molar-refractivity contribution is 5.92. The van der Waals surface area contributed by atoms with Crippen LogP contribution < -0.4 is 26.6 Å². The molecule has 14 nitrogen and oxygen atoms in total. The molecule has 6 N–H and O–H groups in total. The third-order valence-corrected chi connectivity index (χ3v) is 8.25.